The highest BCUT2D eigenvalue weighted by Gasteiger charge is 2.55. The minimum Gasteiger partial charge on any atom is -0.380 e. The van der Waals surface area contributed by atoms with Crippen LogP contribution < -0.4 is 0 Å². The number of aliphatic hydroxyl groups is 1. The molecule has 0 saturated carbocycles. The van der Waals surface area contributed by atoms with Gasteiger partial charge in [-0.15, -0.1) is 0 Å². The van der Waals surface area contributed by atoms with Crippen molar-refractivity contribution < 1.29 is 18.3 Å². The van der Waals surface area contributed by atoms with E-state index in [-0.39, 0.29) is 6.54 Å². The summed E-state index contributed by atoms with van der Waals surface area (Å²) in [7, 11) is 0. The standard InChI is InChI=1S/C15H20F3NO/c1-11-3-5-12(6-4-11)9-19-8-7-13(10-19)14(2,20)15(16,17)18/h3-6,13,20H,7-10H2,1-2H3. The SMILES string of the molecule is Cc1ccc(CN2CCC(C(C)(O)C(F)(F)F)C2)cc1. The Morgan fingerprint density at radius 1 is 1.25 bits per heavy atom. The quantitative estimate of drug-likeness (QED) is 0.923. The van der Waals surface area contributed by atoms with Crippen LogP contribution in [0.25, 0.3) is 0 Å². The van der Waals surface area contributed by atoms with E-state index in [2.05, 4.69) is 0 Å². The Bertz CT molecular complexity index is 453. The molecule has 0 amide bonds. The maximum absolute atomic E-state index is 12.8. The van der Waals surface area contributed by atoms with Gasteiger partial charge in [0, 0.05) is 19.0 Å². The monoisotopic (exact) mass is 287 g/mol. The molecule has 2 unspecified atom stereocenters. The molecule has 5 heteroatoms. The van der Waals surface area contributed by atoms with Gasteiger partial charge in [-0.3, -0.25) is 4.90 Å². The Kier molecular flexibility index (Phi) is 4.12. The van der Waals surface area contributed by atoms with E-state index in [1.807, 2.05) is 36.1 Å². The number of likely N-dealkylation sites (tertiary alicyclic amines) is 1. The molecule has 1 N–H and O–H groups in total. The number of alkyl halides is 3. The fraction of sp³-hybridized carbons (Fsp3) is 0.600. The van der Waals surface area contributed by atoms with E-state index in [1.165, 1.54) is 0 Å². The number of aryl methyl sites for hydroxylation is 1. The molecule has 0 aliphatic carbocycles. The minimum absolute atomic E-state index is 0.278. The van der Waals surface area contributed by atoms with Gasteiger partial charge in [-0.2, -0.15) is 13.2 Å². The van der Waals surface area contributed by atoms with Crippen molar-refractivity contribution in [2.24, 2.45) is 5.92 Å². The Morgan fingerprint density at radius 2 is 1.85 bits per heavy atom. The van der Waals surface area contributed by atoms with Gasteiger partial charge in [0.25, 0.3) is 0 Å². The van der Waals surface area contributed by atoms with Crippen molar-refractivity contribution in [3.05, 3.63) is 35.4 Å². The van der Waals surface area contributed by atoms with Crippen molar-refractivity contribution in [3.63, 3.8) is 0 Å². The molecular weight excluding hydrogens is 267 g/mol. The summed E-state index contributed by atoms with van der Waals surface area (Å²) in [4.78, 5) is 1.97. The number of rotatable bonds is 3. The molecule has 112 valence electrons. The molecule has 0 aromatic heterocycles. The van der Waals surface area contributed by atoms with Crippen LogP contribution in [-0.2, 0) is 6.54 Å². The van der Waals surface area contributed by atoms with Gasteiger partial charge in [-0.05, 0) is 32.4 Å². The topological polar surface area (TPSA) is 23.5 Å². The van der Waals surface area contributed by atoms with E-state index in [9.17, 15) is 18.3 Å². The molecule has 1 aliphatic rings. The molecule has 0 spiro atoms. The van der Waals surface area contributed by atoms with Crippen molar-refractivity contribution in [1.82, 2.24) is 4.90 Å². The van der Waals surface area contributed by atoms with E-state index >= 15 is 0 Å². The number of halogens is 3. The first-order valence-corrected chi connectivity index (χ1v) is 6.77. The average molecular weight is 287 g/mol. The zero-order valence-electron chi connectivity index (χ0n) is 11.7. The van der Waals surface area contributed by atoms with Crippen molar-refractivity contribution in [2.75, 3.05) is 13.1 Å². The largest absolute Gasteiger partial charge is 0.417 e. The van der Waals surface area contributed by atoms with Gasteiger partial charge in [0.15, 0.2) is 5.60 Å². The molecule has 2 nitrogen and oxygen atoms in total. The third kappa shape index (κ3) is 3.15. The van der Waals surface area contributed by atoms with Crippen LogP contribution in [0.2, 0.25) is 0 Å². The van der Waals surface area contributed by atoms with Gasteiger partial charge in [-0.25, -0.2) is 0 Å². The van der Waals surface area contributed by atoms with E-state index < -0.39 is 17.7 Å². The Balaban J connectivity index is 1.97. The average Bonchev–Trinajstić information content (AvgIpc) is 2.80. The zero-order valence-corrected chi connectivity index (χ0v) is 11.7. The molecule has 1 aliphatic heterocycles. The van der Waals surface area contributed by atoms with E-state index in [4.69, 9.17) is 0 Å². The molecule has 20 heavy (non-hydrogen) atoms. The summed E-state index contributed by atoms with van der Waals surface area (Å²) in [5.41, 5.74) is -0.356. The van der Waals surface area contributed by atoms with Crippen LogP contribution in [0.5, 0.6) is 0 Å². The van der Waals surface area contributed by atoms with Gasteiger partial charge in [0.1, 0.15) is 0 Å². The zero-order chi connectivity index (χ0) is 15.0. The molecule has 1 saturated heterocycles. The third-order valence-corrected chi connectivity index (χ3v) is 4.17. The fourth-order valence-corrected chi connectivity index (χ4v) is 2.62. The van der Waals surface area contributed by atoms with Crippen molar-refractivity contribution in [1.29, 1.82) is 0 Å². The smallest absolute Gasteiger partial charge is 0.380 e. The van der Waals surface area contributed by atoms with E-state index in [1.54, 1.807) is 0 Å². The lowest BCUT2D eigenvalue weighted by atomic mass is 9.88. The molecule has 1 fully saturated rings. The van der Waals surface area contributed by atoms with Crippen molar-refractivity contribution >= 4 is 0 Å². The highest BCUT2D eigenvalue weighted by Crippen LogP contribution is 2.40. The normalized spacial score (nSPS) is 23.8. The van der Waals surface area contributed by atoms with Crippen LogP contribution in [0.3, 0.4) is 0 Å². The van der Waals surface area contributed by atoms with Gasteiger partial charge >= 0.3 is 6.18 Å². The van der Waals surface area contributed by atoms with Crippen molar-refractivity contribution in [3.8, 4) is 0 Å². The van der Waals surface area contributed by atoms with Crippen LogP contribution in [0, 0.1) is 12.8 Å². The van der Waals surface area contributed by atoms with Gasteiger partial charge in [0.2, 0.25) is 0 Å². The predicted molar refractivity (Wildman–Crippen MR) is 71.2 cm³/mol. The summed E-state index contributed by atoms with van der Waals surface area (Å²) in [6.07, 6.45) is -4.20. The molecule has 0 radical (unpaired) electrons. The third-order valence-electron chi connectivity index (χ3n) is 4.17. The van der Waals surface area contributed by atoms with E-state index in [0.717, 1.165) is 18.1 Å². The summed E-state index contributed by atoms with van der Waals surface area (Å²) in [5.74, 6) is -0.757. The predicted octanol–water partition coefficient (Wildman–Crippen LogP) is 3.13. The molecule has 2 atom stereocenters. The maximum Gasteiger partial charge on any atom is 0.417 e. The van der Waals surface area contributed by atoms with Crippen LogP contribution >= 0.6 is 0 Å². The lowest BCUT2D eigenvalue weighted by Gasteiger charge is -2.32. The summed E-state index contributed by atoms with van der Waals surface area (Å²) in [5, 5.41) is 9.72. The van der Waals surface area contributed by atoms with Gasteiger partial charge in [0.05, 0.1) is 0 Å². The second-order valence-electron chi connectivity index (χ2n) is 5.85. The number of benzene rings is 1. The second-order valence-corrected chi connectivity index (χ2v) is 5.85. The summed E-state index contributed by atoms with van der Waals surface area (Å²) in [6.45, 7) is 4.37. The van der Waals surface area contributed by atoms with E-state index in [0.29, 0.717) is 19.5 Å². The Labute approximate surface area is 117 Å². The van der Waals surface area contributed by atoms with Gasteiger partial charge < -0.3 is 5.11 Å². The molecule has 1 heterocycles. The Morgan fingerprint density at radius 3 is 2.40 bits per heavy atom. The van der Waals surface area contributed by atoms with Gasteiger partial charge in [-0.1, -0.05) is 29.8 Å². The molecular formula is C15H20F3NO. The highest BCUT2D eigenvalue weighted by molar-refractivity contribution is 5.21. The summed E-state index contributed by atoms with van der Waals surface area (Å²) >= 11 is 0. The fourth-order valence-electron chi connectivity index (χ4n) is 2.62. The van der Waals surface area contributed by atoms with Crippen LogP contribution in [0.4, 0.5) is 13.2 Å². The molecule has 1 aromatic rings. The molecule has 2 rings (SSSR count). The maximum atomic E-state index is 12.8. The van der Waals surface area contributed by atoms with Crippen LogP contribution in [-0.4, -0.2) is 34.9 Å². The van der Waals surface area contributed by atoms with Crippen LogP contribution in [0.15, 0.2) is 24.3 Å². The second kappa shape index (κ2) is 5.37. The lowest BCUT2D eigenvalue weighted by Crippen LogP contribution is -2.49. The number of hydrogen-bond donors (Lipinski definition) is 1. The van der Waals surface area contributed by atoms with Crippen molar-refractivity contribution in [2.45, 2.75) is 38.6 Å². The summed E-state index contributed by atoms with van der Waals surface area (Å²) < 4.78 is 38.4. The first-order valence-electron chi connectivity index (χ1n) is 6.77. The first kappa shape index (κ1) is 15.3. The summed E-state index contributed by atoms with van der Waals surface area (Å²) in [6, 6.07) is 7.97. The Hall–Kier alpha value is -1.07. The van der Waals surface area contributed by atoms with Crippen LogP contribution in [0.1, 0.15) is 24.5 Å². The lowest BCUT2D eigenvalue weighted by molar-refractivity contribution is -0.270. The minimum atomic E-state index is -4.57. The molecule has 1 aromatic carbocycles. The highest BCUT2D eigenvalue weighted by atomic mass is 19.4. The number of nitrogens with zero attached hydrogens (tertiary/aromatic N) is 1. The molecule has 0 bridgehead atoms. The first-order chi connectivity index (χ1) is 9.20. The number of hydrogen-bond acceptors (Lipinski definition) is 2.